The van der Waals surface area contributed by atoms with E-state index in [-0.39, 0.29) is 23.6 Å². The maximum atomic E-state index is 11.9. The summed E-state index contributed by atoms with van der Waals surface area (Å²) in [6.45, 7) is 0. The van der Waals surface area contributed by atoms with E-state index in [1.54, 1.807) is 6.07 Å². The SMILES string of the molecule is O=C(CSc1ccccc1)Nc1nnc(-c2cc(Cl)sc2Cl)o1. The van der Waals surface area contributed by atoms with E-state index in [1.165, 1.54) is 23.1 Å². The van der Waals surface area contributed by atoms with Crippen LogP contribution in [0.3, 0.4) is 0 Å². The van der Waals surface area contributed by atoms with Crippen molar-refractivity contribution in [3.63, 3.8) is 0 Å². The number of hydrogen-bond acceptors (Lipinski definition) is 6. The van der Waals surface area contributed by atoms with Crippen LogP contribution in [-0.2, 0) is 4.79 Å². The van der Waals surface area contributed by atoms with Gasteiger partial charge in [0.05, 0.1) is 15.7 Å². The van der Waals surface area contributed by atoms with Crippen LogP contribution in [-0.4, -0.2) is 21.9 Å². The smallest absolute Gasteiger partial charge is 0.322 e. The summed E-state index contributed by atoms with van der Waals surface area (Å²) < 4.78 is 6.36. The Morgan fingerprint density at radius 3 is 2.74 bits per heavy atom. The minimum Gasteiger partial charge on any atom is -0.403 e. The number of thiophene rings is 1. The highest BCUT2D eigenvalue weighted by atomic mass is 35.5. The highest BCUT2D eigenvalue weighted by Crippen LogP contribution is 2.37. The number of hydrogen-bond donors (Lipinski definition) is 1. The Morgan fingerprint density at radius 2 is 2.04 bits per heavy atom. The summed E-state index contributed by atoms with van der Waals surface area (Å²) in [4.78, 5) is 12.9. The average molecular weight is 386 g/mol. The Bertz CT molecular complexity index is 821. The average Bonchev–Trinajstić information content (AvgIpc) is 3.12. The molecule has 2 aromatic heterocycles. The molecule has 0 fully saturated rings. The topological polar surface area (TPSA) is 68.0 Å². The van der Waals surface area contributed by atoms with Gasteiger partial charge in [0.1, 0.15) is 4.34 Å². The van der Waals surface area contributed by atoms with Gasteiger partial charge in [0.25, 0.3) is 5.89 Å². The Morgan fingerprint density at radius 1 is 1.26 bits per heavy atom. The quantitative estimate of drug-likeness (QED) is 0.636. The number of carbonyl (C=O) groups excluding carboxylic acids is 1. The fraction of sp³-hybridized carbons (Fsp3) is 0.0714. The maximum absolute atomic E-state index is 11.9. The van der Waals surface area contributed by atoms with E-state index in [0.717, 1.165) is 4.90 Å². The second kappa shape index (κ2) is 7.35. The third-order valence-electron chi connectivity index (χ3n) is 2.67. The molecule has 0 aliphatic heterocycles. The molecule has 1 aromatic carbocycles. The zero-order valence-corrected chi connectivity index (χ0v) is 14.6. The van der Waals surface area contributed by atoms with Crippen LogP contribution < -0.4 is 5.32 Å². The van der Waals surface area contributed by atoms with E-state index >= 15 is 0 Å². The fourth-order valence-corrected chi connectivity index (χ4v) is 3.86. The first-order valence-electron chi connectivity index (χ1n) is 6.38. The summed E-state index contributed by atoms with van der Waals surface area (Å²) in [5.41, 5.74) is 0.549. The van der Waals surface area contributed by atoms with Crippen molar-refractivity contribution >= 4 is 58.2 Å². The summed E-state index contributed by atoms with van der Waals surface area (Å²) in [6, 6.07) is 11.3. The van der Waals surface area contributed by atoms with Crippen LogP contribution in [0.1, 0.15) is 0 Å². The molecule has 0 spiro atoms. The third-order valence-corrected chi connectivity index (χ3v) is 5.17. The lowest BCUT2D eigenvalue weighted by Crippen LogP contribution is -2.14. The molecule has 1 amide bonds. The Hall–Kier alpha value is -1.54. The number of nitrogens with zero attached hydrogens (tertiary/aromatic N) is 2. The van der Waals surface area contributed by atoms with E-state index in [1.807, 2.05) is 30.3 Å². The summed E-state index contributed by atoms with van der Waals surface area (Å²) in [5, 5.41) is 10.2. The van der Waals surface area contributed by atoms with Crippen molar-refractivity contribution in [3.8, 4) is 11.5 Å². The van der Waals surface area contributed by atoms with Crippen LogP contribution in [0.5, 0.6) is 0 Å². The van der Waals surface area contributed by atoms with Crippen LogP contribution in [0, 0.1) is 0 Å². The predicted octanol–water partition coefficient (Wildman–Crippen LogP) is 4.84. The van der Waals surface area contributed by atoms with Gasteiger partial charge in [-0.05, 0) is 18.2 Å². The molecule has 23 heavy (non-hydrogen) atoms. The molecule has 3 rings (SSSR count). The molecule has 0 radical (unpaired) electrons. The van der Waals surface area contributed by atoms with Gasteiger partial charge in [-0.25, -0.2) is 0 Å². The van der Waals surface area contributed by atoms with Gasteiger partial charge in [0.2, 0.25) is 5.91 Å². The van der Waals surface area contributed by atoms with Gasteiger partial charge >= 0.3 is 6.01 Å². The van der Waals surface area contributed by atoms with Gasteiger partial charge in [-0.3, -0.25) is 10.1 Å². The van der Waals surface area contributed by atoms with Crippen LogP contribution in [0.25, 0.3) is 11.5 Å². The highest BCUT2D eigenvalue weighted by molar-refractivity contribution is 8.00. The molecule has 0 saturated heterocycles. The van der Waals surface area contributed by atoms with Crippen molar-refractivity contribution < 1.29 is 9.21 Å². The number of benzene rings is 1. The second-order valence-corrected chi connectivity index (χ2v) is 7.63. The summed E-state index contributed by atoms with van der Waals surface area (Å²) in [7, 11) is 0. The number of carbonyl (C=O) groups is 1. The molecular formula is C14H9Cl2N3O2S2. The zero-order chi connectivity index (χ0) is 16.2. The fourth-order valence-electron chi connectivity index (χ4n) is 1.69. The molecule has 118 valence electrons. The molecule has 0 aliphatic rings. The lowest BCUT2D eigenvalue weighted by atomic mass is 10.3. The molecule has 9 heteroatoms. The van der Waals surface area contributed by atoms with E-state index in [9.17, 15) is 4.79 Å². The summed E-state index contributed by atoms with van der Waals surface area (Å²) >= 11 is 14.5. The minimum absolute atomic E-state index is 0.0250. The van der Waals surface area contributed by atoms with E-state index in [2.05, 4.69) is 15.5 Å². The van der Waals surface area contributed by atoms with E-state index in [4.69, 9.17) is 27.6 Å². The van der Waals surface area contributed by atoms with Crippen LogP contribution >= 0.6 is 46.3 Å². The van der Waals surface area contributed by atoms with Crippen molar-refractivity contribution in [2.45, 2.75) is 4.90 Å². The monoisotopic (exact) mass is 385 g/mol. The molecule has 2 heterocycles. The van der Waals surface area contributed by atoms with Crippen molar-refractivity contribution in [1.82, 2.24) is 10.2 Å². The summed E-state index contributed by atoms with van der Waals surface area (Å²) in [5.74, 6) is 0.222. The molecule has 0 unspecified atom stereocenters. The van der Waals surface area contributed by atoms with Crippen LogP contribution in [0.4, 0.5) is 6.01 Å². The van der Waals surface area contributed by atoms with E-state index in [0.29, 0.717) is 14.2 Å². The Labute approximate surface area is 150 Å². The second-order valence-electron chi connectivity index (χ2n) is 4.30. The van der Waals surface area contributed by atoms with Crippen molar-refractivity contribution in [1.29, 1.82) is 0 Å². The van der Waals surface area contributed by atoms with Crippen molar-refractivity contribution in [2.24, 2.45) is 0 Å². The van der Waals surface area contributed by atoms with Gasteiger partial charge in [-0.1, -0.05) is 46.5 Å². The molecule has 1 N–H and O–H groups in total. The first-order valence-corrected chi connectivity index (χ1v) is 8.94. The molecule has 0 saturated carbocycles. The number of aromatic nitrogens is 2. The largest absolute Gasteiger partial charge is 0.403 e. The standard InChI is InChI=1S/C14H9Cl2N3O2S2/c15-10-6-9(12(16)23-10)13-18-19-14(21-13)17-11(20)7-22-8-4-2-1-3-5-8/h1-6H,7H2,(H,17,19,20). The first kappa shape index (κ1) is 16.3. The van der Waals surface area contributed by atoms with Gasteiger partial charge in [0.15, 0.2) is 0 Å². The number of anilines is 1. The number of nitrogens with one attached hydrogen (secondary N) is 1. The van der Waals surface area contributed by atoms with Gasteiger partial charge < -0.3 is 4.42 Å². The Kier molecular flexibility index (Phi) is 5.22. The lowest BCUT2D eigenvalue weighted by molar-refractivity contribution is -0.113. The molecule has 0 atom stereocenters. The van der Waals surface area contributed by atoms with Crippen molar-refractivity contribution in [3.05, 3.63) is 45.1 Å². The highest BCUT2D eigenvalue weighted by Gasteiger charge is 2.16. The van der Waals surface area contributed by atoms with Gasteiger partial charge in [-0.15, -0.1) is 28.2 Å². The van der Waals surface area contributed by atoms with Crippen LogP contribution in [0.2, 0.25) is 8.67 Å². The number of rotatable bonds is 5. The first-order chi connectivity index (χ1) is 11.1. The van der Waals surface area contributed by atoms with Crippen molar-refractivity contribution in [2.75, 3.05) is 11.1 Å². The van der Waals surface area contributed by atoms with E-state index < -0.39 is 0 Å². The number of amides is 1. The van der Waals surface area contributed by atoms with Gasteiger partial charge in [-0.2, -0.15) is 0 Å². The molecular weight excluding hydrogens is 377 g/mol. The summed E-state index contributed by atoms with van der Waals surface area (Å²) in [6.07, 6.45) is 0. The van der Waals surface area contributed by atoms with Gasteiger partial charge in [0, 0.05) is 4.90 Å². The normalized spacial score (nSPS) is 10.7. The Balaban J connectivity index is 1.60. The predicted molar refractivity (Wildman–Crippen MR) is 93.4 cm³/mol. The zero-order valence-electron chi connectivity index (χ0n) is 11.5. The minimum atomic E-state index is -0.233. The number of thioether (sulfide) groups is 1. The lowest BCUT2D eigenvalue weighted by Gasteiger charge is -2.00. The maximum Gasteiger partial charge on any atom is 0.322 e. The number of halogens is 2. The van der Waals surface area contributed by atoms with Crippen LogP contribution in [0.15, 0.2) is 45.7 Å². The third kappa shape index (κ3) is 4.26. The molecule has 0 aliphatic carbocycles. The molecule has 0 bridgehead atoms. The molecule has 5 nitrogen and oxygen atoms in total. The molecule has 3 aromatic rings.